The maximum absolute atomic E-state index is 6.29. The molecule has 0 unspecified atom stereocenters. The molecule has 0 bridgehead atoms. The molecule has 3 aromatic carbocycles. The van der Waals surface area contributed by atoms with Crippen LogP contribution in [0.1, 0.15) is 42.4 Å². The molecule has 0 N–H and O–H groups in total. The minimum absolute atomic E-state index is 0.304. The lowest BCUT2D eigenvalue weighted by molar-refractivity contribution is 0.200. The van der Waals surface area contributed by atoms with E-state index in [0.717, 1.165) is 59.8 Å². The average Bonchev–Trinajstić information content (AvgIpc) is 3.45. The number of hydrogen-bond donors (Lipinski definition) is 0. The first-order chi connectivity index (χ1) is 17.8. The smallest absolute Gasteiger partial charge is 0.161 e. The summed E-state index contributed by atoms with van der Waals surface area (Å²) < 4.78 is 17.8. The van der Waals surface area contributed by atoms with Crippen LogP contribution in [-0.2, 0) is 19.4 Å². The van der Waals surface area contributed by atoms with Crippen LogP contribution in [0.15, 0.2) is 91.1 Å². The van der Waals surface area contributed by atoms with Gasteiger partial charge in [-0.3, -0.25) is 4.98 Å². The van der Waals surface area contributed by atoms with E-state index in [0.29, 0.717) is 12.7 Å². The van der Waals surface area contributed by atoms with E-state index in [-0.39, 0.29) is 0 Å². The SMILES string of the molecule is COc1ccc(CCc2cccnc2-c2ccc(OCc3ccccc3)cc2)cc1OC1CCCC1. The average molecular weight is 480 g/mol. The Kier molecular flexibility index (Phi) is 7.82. The number of aromatic nitrogens is 1. The van der Waals surface area contributed by atoms with Gasteiger partial charge in [0, 0.05) is 11.8 Å². The summed E-state index contributed by atoms with van der Waals surface area (Å²) in [6, 6.07) is 28.9. The molecular weight excluding hydrogens is 446 g/mol. The summed E-state index contributed by atoms with van der Waals surface area (Å²) >= 11 is 0. The standard InChI is InChI=1S/C32H33NO3/c1-34-30-20-14-24(22-31(30)36-29-11-5-6-12-29)13-15-26-10-7-21-33-32(26)27-16-18-28(19-17-27)35-23-25-8-3-2-4-9-25/h2-4,7-10,14,16-22,29H,5-6,11-13,15,23H2,1H3. The quantitative estimate of drug-likeness (QED) is 0.237. The Morgan fingerprint density at radius 2 is 1.58 bits per heavy atom. The molecule has 0 radical (unpaired) electrons. The molecule has 0 amide bonds. The molecule has 1 aliphatic rings. The first kappa shape index (κ1) is 23.9. The molecular formula is C32H33NO3. The van der Waals surface area contributed by atoms with Crippen LogP contribution >= 0.6 is 0 Å². The zero-order valence-corrected chi connectivity index (χ0v) is 20.9. The Labute approximate surface area is 213 Å². The third-order valence-electron chi connectivity index (χ3n) is 6.77. The second-order valence-electron chi connectivity index (χ2n) is 9.32. The van der Waals surface area contributed by atoms with Crippen LogP contribution in [0.2, 0.25) is 0 Å². The van der Waals surface area contributed by atoms with Gasteiger partial charge in [-0.05, 0) is 97.7 Å². The van der Waals surface area contributed by atoms with Crippen molar-refractivity contribution in [1.29, 1.82) is 0 Å². The van der Waals surface area contributed by atoms with Gasteiger partial charge in [0.25, 0.3) is 0 Å². The van der Waals surface area contributed by atoms with E-state index in [4.69, 9.17) is 19.2 Å². The van der Waals surface area contributed by atoms with Crippen LogP contribution in [0.5, 0.6) is 17.2 Å². The number of benzene rings is 3. The molecule has 4 nitrogen and oxygen atoms in total. The van der Waals surface area contributed by atoms with Gasteiger partial charge in [-0.1, -0.05) is 42.5 Å². The molecule has 1 aliphatic carbocycles. The summed E-state index contributed by atoms with van der Waals surface area (Å²) in [5.74, 6) is 2.52. The minimum atomic E-state index is 0.304. The van der Waals surface area contributed by atoms with Crippen molar-refractivity contribution >= 4 is 0 Å². The number of nitrogens with zero attached hydrogens (tertiary/aromatic N) is 1. The molecule has 0 aliphatic heterocycles. The first-order valence-corrected chi connectivity index (χ1v) is 12.8. The van der Waals surface area contributed by atoms with Crippen molar-refractivity contribution in [3.8, 4) is 28.5 Å². The van der Waals surface area contributed by atoms with E-state index in [1.807, 2.05) is 48.7 Å². The largest absolute Gasteiger partial charge is 0.493 e. The van der Waals surface area contributed by atoms with Gasteiger partial charge in [-0.2, -0.15) is 0 Å². The summed E-state index contributed by atoms with van der Waals surface area (Å²) in [6.45, 7) is 0.559. The maximum atomic E-state index is 6.29. The van der Waals surface area contributed by atoms with Crippen LogP contribution in [0.4, 0.5) is 0 Å². The van der Waals surface area contributed by atoms with Crippen molar-refractivity contribution < 1.29 is 14.2 Å². The fourth-order valence-corrected chi connectivity index (χ4v) is 4.78. The zero-order valence-electron chi connectivity index (χ0n) is 20.9. The lowest BCUT2D eigenvalue weighted by Crippen LogP contribution is -2.11. The number of pyridine rings is 1. The predicted octanol–water partition coefficient (Wildman–Crippen LogP) is 7.44. The van der Waals surface area contributed by atoms with Gasteiger partial charge in [0.15, 0.2) is 11.5 Å². The van der Waals surface area contributed by atoms with Gasteiger partial charge in [0.1, 0.15) is 12.4 Å². The van der Waals surface area contributed by atoms with E-state index >= 15 is 0 Å². The van der Waals surface area contributed by atoms with E-state index in [1.54, 1.807) is 7.11 Å². The van der Waals surface area contributed by atoms with Crippen molar-refractivity contribution in [2.45, 2.75) is 51.2 Å². The summed E-state index contributed by atoms with van der Waals surface area (Å²) in [5, 5.41) is 0. The lowest BCUT2D eigenvalue weighted by atomic mass is 9.99. The Hall–Kier alpha value is -3.79. The zero-order chi connectivity index (χ0) is 24.6. The molecule has 4 aromatic rings. The molecule has 1 saturated carbocycles. The topological polar surface area (TPSA) is 40.6 Å². The van der Waals surface area contributed by atoms with Crippen molar-refractivity contribution in [2.24, 2.45) is 0 Å². The number of methoxy groups -OCH3 is 1. The lowest BCUT2D eigenvalue weighted by Gasteiger charge is -2.17. The minimum Gasteiger partial charge on any atom is -0.493 e. The van der Waals surface area contributed by atoms with Crippen molar-refractivity contribution in [1.82, 2.24) is 4.98 Å². The van der Waals surface area contributed by atoms with Gasteiger partial charge in [0.2, 0.25) is 0 Å². The Balaban J connectivity index is 1.26. The van der Waals surface area contributed by atoms with E-state index in [9.17, 15) is 0 Å². The molecule has 1 heterocycles. The van der Waals surface area contributed by atoms with Gasteiger partial charge < -0.3 is 14.2 Å². The van der Waals surface area contributed by atoms with E-state index < -0.39 is 0 Å². The summed E-state index contributed by atoms with van der Waals surface area (Å²) in [7, 11) is 1.70. The number of ether oxygens (including phenoxy) is 3. The number of hydrogen-bond acceptors (Lipinski definition) is 4. The molecule has 1 fully saturated rings. The summed E-state index contributed by atoms with van der Waals surface area (Å²) in [6.07, 6.45) is 8.71. The van der Waals surface area contributed by atoms with Crippen LogP contribution in [0, 0.1) is 0 Å². The van der Waals surface area contributed by atoms with Crippen LogP contribution < -0.4 is 14.2 Å². The highest BCUT2D eigenvalue weighted by molar-refractivity contribution is 5.64. The van der Waals surface area contributed by atoms with Crippen LogP contribution in [-0.4, -0.2) is 18.2 Å². The Morgan fingerprint density at radius 3 is 2.36 bits per heavy atom. The third-order valence-corrected chi connectivity index (χ3v) is 6.77. The Morgan fingerprint density at radius 1 is 0.778 bits per heavy atom. The van der Waals surface area contributed by atoms with Crippen LogP contribution in [0.25, 0.3) is 11.3 Å². The summed E-state index contributed by atoms with van der Waals surface area (Å²) in [5.41, 5.74) is 5.73. The predicted molar refractivity (Wildman–Crippen MR) is 144 cm³/mol. The highest BCUT2D eigenvalue weighted by Gasteiger charge is 2.19. The normalized spacial score (nSPS) is 13.5. The fraction of sp³-hybridized carbons (Fsp3) is 0.281. The van der Waals surface area contributed by atoms with Gasteiger partial charge >= 0.3 is 0 Å². The second-order valence-corrected chi connectivity index (χ2v) is 9.32. The highest BCUT2D eigenvalue weighted by Crippen LogP contribution is 2.33. The van der Waals surface area contributed by atoms with E-state index in [2.05, 4.69) is 42.5 Å². The molecule has 1 aromatic heterocycles. The fourth-order valence-electron chi connectivity index (χ4n) is 4.78. The van der Waals surface area contributed by atoms with Crippen molar-refractivity contribution in [3.05, 3.63) is 108 Å². The molecule has 4 heteroatoms. The van der Waals surface area contributed by atoms with Crippen molar-refractivity contribution in [3.63, 3.8) is 0 Å². The molecule has 184 valence electrons. The molecule has 0 atom stereocenters. The van der Waals surface area contributed by atoms with Crippen LogP contribution in [0.3, 0.4) is 0 Å². The monoisotopic (exact) mass is 479 g/mol. The second kappa shape index (κ2) is 11.8. The first-order valence-electron chi connectivity index (χ1n) is 12.8. The van der Waals surface area contributed by atoms with Gasteiger partial charge in [-0.15, -0.1) is 0 Å². The Bertz CT molecular complexity index is 1250. The third kappa shape index (κ3) is 6.06. The van der Waals surface area contributed by atoms with Gasteiger partial charge in [0.05, 0.1) is 18.9 Å². The summed E-state index contributed by atoms with van der Waals surface area (Å²) in [4.78, 5) is 4.71. The number of aryl methyl sites for hydroxylation is 2. The van der Waals surface area contributed by atoms with E-state index in [1.165, 1.54) is 24.0 Å². The molecule has 36 heavy (non-hydrogen) atoms. The van der Waals surface area contributed by atoms with Crippen molar-refractivity contribution in [2.75, 3.05) is 7.11 Å². The molecule has 5 rings (SSSR count). The molecule has 0 spiro atoms. The molecule has 0 saturated heterocycles. The number of rotatable bonds is 10. The van der Waals surface area contributed by atoms with Gasteiger partial charge in [-0.25, -0.2) is 0 Å². The maximum Gasteiger partial charge on any atom is 0.161 e. The highest BCUT2D eigenvalue weighted by atomic mass is 16.5.